The Balaban J connectivity index is 2.07. The van der Waals surface area contributed by atoms with Gasteiger partial charge in [-0.25, -0.2) is 4.98 Å². The minimum Gasteiger partial charge on any atom is -0.355 e. The fraction of sp³-hybridized carbons (Fsp3) is 0.357. The third-order valence-corrected chi connectivity index (χ3v) is 4.07. The molecule has 2 heterocycles. The van der Waals surface area contributed by atoms with Gasteiger partial charge in [0.1, 0.15) is 5.82 Å². The zero-order chi connectivity index (χ0) is 11.8. The van der Waals surface area contributed by atoms with Crippen LogP contribution in [0.3, 0.4) is 0 Å². The van der Waals surface area contributed by atoms with Gasteiger partial charge in [-0.1, -0.05) is 34.1 Å². The van der Waals surface area contributed by atoms with Crippen molar-refractivity contribution in [2.45, 2.75) is 18.2 Å². The van der Waals surface area contributed by atoms with Gasteiger partial charge in [0.05, 0.1) is 5.52 Å². The van der Waals surface area contributed by atoms with E-state index in [1.165, 1.54) is 17.4 Å². The van der Waals surface area contributed by atoms with Crippen molar-refractivity contribution in [3.05, 3.63) is 35.9 Å². The fourth-order valence-electron chi connectivity index (χ4n) is 2.44. The van der Waals surface area contributed by atoms with Crippen molar-refractivity contribution in [3.8, 4) is 0 Å². The minimum absolute atomic E-state index is 0.607. The summed E-state index contributed by atoms with van der Waals surface area (Å²) >= 11 is 3.68. The standard InChI is InChI=1S/C14H15BrN2/c1-10-8-11-4-2-3-5-13(11)16-14(10)17-7-6-12(15)9-17/h2-5,8,12H,6-7,9H2,1H3. The van der Waals surface area contributed by atoms with Gasteiger partial charge in [0, 0.05) is 23.3 Å². The number of para-hydroxylation sites is 1. The van der Waals surface area contributed by atoms with Gasteiger partial charge >= 0.3 is 0 Å². The second kappa shape index (κ2) is 4.30. The molecule has 1 unspecified atom stereocenters. The summed E-state index contributed by atoms with van der Waals surface area (Å²) < 4.78 is 0. The lowest BCUT2D eigenvalue weighted by Crippen LogP contribution is -2.21. The van der Waals surface area contributed by atoms with E-state index in [2.05, 4.69) is 52.0 Å². The highest BCUT2D eigenvalue weighted by atomic mass is 79.9. The Labute approximate surface area is 110 Å². The third-order valence-electron chi connectivity index (χ3n) is 3.32. The smallest absolute Gasteiger partial charge is 0.132 e. The second-order valence-electron chi connectivity index (χ2n) is 4.65. The number of hydrogen-bond donors (Lipinski definition) is 0. The molecule has 0 saturated carbocycles. The molecule has 88 valence electrons. The molecule has 1 aromatic carbocycles. The van der Waals surface area contributed by atoms with Crippen LogP contribution >= 0.6 is 15.9 Å². The molecule has 1 aliphatic rings. The van der Waals surface area contributed by atoms with Crippen LogP contribution in [-0.4, -0.2) is 22.9 Å². The van der Waals surface area contributed by atoms with Crippen LogP contribution in [-0.2, 0) is 0 Å². The fourth-order valence-corrected chi connectivity index (χ4v) is 3.00. The number of halogens is 1. The number of nitrogens with zero attached hydrogens (tertiary/aromatic N) is 2. The Morgan fingerprint density at radius 2 is 2.18 bits per heavy atom. The zero-order valence-corrected chi connectivity index (χ0v) is 11.4. The molecule has 0 bridgehead atoms. The van der Waals surface area contributed by atoms with E-state index < -0.39 is 0 Å². The van der Waals surface area contributed by atoms with Crippen molar-refractivity contribution >= 4 is 32.7 Å². The molecule has 0 N–H and O–H groups in total. The lowest BCUT2D eigenvalue weighted by atomic mass is 10.1. The highest BCUT2D eigenvalue weighted by molar-refractivity contribution is 9.09. The first-order valence-corrected chi connectivity index (χ1v) is 6.91. The summed E-state index contributed by atoms with van der Waals surface area (Å²) in [5.41, 5.74) is 2.36. The predicted octanol–water partition coefficient (Wildman–Crippen LogP) is 3.52. The Bertz CT molecular complexity index is 553. The Morgan fingerprint density at radius 1 is 1.35 bits per heavy atom. The Kier molecular flexibility index (Phi) is 2.79. The summed E-state index contributed by atoms with van der Waals surface area (Å²) in [5, 5.41) is 1.23. The first-order chi connectivity index (χ1) is 8.24. The minimum atomic E-state index is 0.607. The maximum absolute atomic E-state index is 4.80. The molecular formula is C14H15BrN2. The van der Waals surface area contributed by atoms with Crippen LogP contribution in [0.5, 0.6) is 0 Å². The molecule has 1 saturated heterocycles. The summed E-state index contributed by atoms with van der Waals surface area (Å²) in [6, 6.07) is 10.6. The summed E-state index contributed by atoms with van der Waals surface area (Å²) in [6.45, 7) is 4.31. The topological polar surface area (TPSA) is 16.1 Å². The van der Waals surface area contributed by atoms with Crippen LogP contribution in [0, 0.1) is 6.92 Å². The first-order valence-electron chi connectivity index (χ1n) is 5.99. The number of anilines is 1. The lowest BCUT2D eigenvalue weighted by Gasteiger charge is -2.19. The SMILES string of the molecule is Cc1cc2ccccc2nc1N1CCC(Br)C1. The van der Waals surface area contributed by atoms with E-state index in [4.69, 9.17) is 4.98 Å². The number of pyridine rings is 1. The molecule has 1 atom stereocenters. The van der Waals surface area contributed by atoms with E-state index in [0.29, 0.717) is 4.83 Å². The van der Waals surface area contributed by atoms with Gasteiger partial charge < -0.3 is 4.90 Å². The van der Waals surface area contributed by atoms with Crippen LogP contribution in [0.25, 0.3) is 10.9 Å². The molecule has 2 nitrogen and oxygen atoms in total. The van der Waals surface area contributed by atoms with Crippen molar-refractivity contribution in [1.82, 2.24) is 4.98 Å². The quantitative estimate of drug-likeness (QED) is 0.747. The van der Waals surface area contributed by atoms with E-state index in [9.17, 15) is 0 Å². The largest absolute Gasteiger partial charge is 0.355 e. The molecule has 3 rings (SSSR count). The molecule has 3 heteroatoms. The second-order valence-corrected chi connectivity index (χ2v) is 5.95. The third kappa shape index (κ3) is 2.04. The maximum atomic E-state index is 4.80. The lowest BCUT2D eigenvalue weighted by molar-refractivity contribution is 0.936. The van der Waals surface area contributed by atoms with Gasteiger partial charge in [-0.05, 0) is 31.0 Å². The number of rotatable bonds is 1. The van der Waals surface area contributed by atoms with Gasteiger partial charge in [-0.15, -0.1) is 0 Å². The number of aromatic nitrogens is 1. The van der Waals surface area contributed by atoms with Crippen molar-refractivity contribution in [2.24, 2.45) is 0 Å². The van der Waals surface area contributed by atoms with E-state index in [0.717, 1.165) is 24.4 Å². The van der Waals surface area contributed by atoms with Crippen LogP contribution in [0.1, 0.15) is 12.0 Å². The normalized spacial score (nSPS) is 20.1. The van der Waals surface area contributed by atoms with Gasteiger partial charge in [0.15, 0.2) is 0 Å². The summed E-state index contributed by atoms with van der Waals surface area (Å²) in [5.74, 6) is 1.14. The maximum Gasteiger partial charge on any atom is 0.132 e. The van der Waals surface area contributed by atoms with E-state index in [-0.39, 0.29) is 0 Å². The van der Waals surface area contributed by atoms with Gasteiger partial charge in [-0.2, -0.15) is 0 Å². The average molecular weight is 291 g/mol. The van der Waals surface area contributed by atoms with E-state index in [1.54, 1.807) is 0 Å². The van der Waals surface area contributed by atoms with E-state index >= 15 is 0 Å². The molecule has 1 fully saturated rings. The van der Waals surface area contributed by atoms with Crippen molar-refractivity contribution < 1.29 is 0 Å². The van der Waals surface area contributed by atoms with Gasteiger partial charge in [0.2, 0.25) is 0 Å². The van der Waals surface area contributed by atoms with Crippen molar-refractivity contribution in [2.75, 3.05) is 18.0 Å². The molecule has 1 aliphatic heterocycles. The molecule has 0 spiro atoms. The van der Waals surface area contributed by atoms with Crippen LogP contribution in [0.2, 0.25) is 0 Å². The zero-order valence-electron chi connectivity index (χ0n) is 9.86. The molecule has 0 aliphatic carbocycles. The highest BCUT2D eigenvalue weighted by Crippen LogP contribution is 2.27. The van der Waals surface area contributed by atoms with Crippen LogP contribution in [0.4, 0.5) is 5.82 Å². The number of aryl methyl sites for hydroxylation is 1. The average Bonchev–Trinajstić information content (AvgIpc) is 2.75. The summed E-state index contributed by atoms with van der Waals surface area (Å²) in [7, 11) is 0. The van der Waals surface area contributed by atoms with Crippen LogP contribution < -0.4 is 4.90 Å². The molecule has 0 amide bonds. The van der Waals surface area contributed by atoms with Crippen molar-refractivity contribution in [1.29, 1.82) is 0 Å². The predicted molar refractivity (Wildman–Crippen MR) is 76.0 cm³/mol. The number of fused-ring (bicyclic) bond motifs is 1. The highest BCUT2D eigenvalue weighted by Gasteiger charge is 2.22. The monoisotopic (exact) mass is 290 g/mol. The number of alkyl halides is 1. The summed E-state index contributed by atoms with van der Waals surface area (Å²) in [6.07, 6.45) is 1.20. The molecule has 2 aromatic rings. The van der Waals surface area contributed by atoms with E-state index in [1.807, 2.05) is 6.07 Å². The van der Waals surface area contributed by atoms with Crippen LogP contribution in [0.15, 0.2) is 30.3 Å². The number of benzene rings is 1. The Morgan fingerprint density at radius 3 is 2.94 bits per heavy atom. The molecule has 0 radical (unpaired) electrons. The number of hydrogen-bond acceptors (Lipinski definition) is 2. The van der Waals surface area contributed by atoms with Crippen molar-refractivity contribution in [3.63, 3.8) is 0 Å². The van der Waals surface area contributed by atoms with Gasteiger partial charge in [0.25, 0.3) is 0 Å². The van der Waals surface area contributed by atoms with Gasteiger partial charge in [-0.3, -0.25) is 0 Å². The molecule has 17 heavy (non-hydrogen) atoms. The molecular weight excluding hydrogens is 276 g/mol. The molecule has 1 aromatic heterocycles. The Hall–Kier alpha value is -1.09. The first kappa shape index (κ1) is 11.0. The summed E-state index contributed by atoms with van der Waals surface area (Å²) in [4.78, 5) is 7.78.